The lowest BCUT2D eigenvalue weighted by Gasteiger charge is -2.35. The number of fused-ring (bicyclic) bond motifs is 1. The van der Waals surface area contributed by atoms with Crippen molar-refractivity contribution in [3.8, 4) is 5.75 Å². The Morgan fingerprint density at radius 1 is 0.889 bits per heavy atom. The summed E-state index contributed by atoms with van der Waals surface area (Å²) in [6.45, 7) is 2.59. The standard InChI is InChI=1S/C20H18Cl2N2O3/c21-15-2-3-16(17(22)12-15)20(26)24-8-6-23(7-9-24)19(25)14-1-4-18-13(11-14)5-10-27-18/h1-4,11-12H,5-10H2. The van der Waals surface area contributed by atoms with Gasteiger partial charge in [0.25, 0.3) is 11.8 Å². The van der Waals surface area contributed by atoms with Crippen LogP contribution in [-0.4, -0.2) is 54.4 Å². The number of carbonyl (C=O) groups excluding carboxylic acids is 2. The first kappa shape index (κ1) is 18.1. The molecule has 0 aromatic heterocycles. The number of rotatable bonds is 2. The second kappa shape index (κ2) is 7.41. The molecule has 1 fully saturated rings. The van der Waals surface area contributed by atoms with Crippen LogP contribution in [-0.2, 0) is 6.42 Å². The fraction of sp³-hybridized carbons (Fsp3) is 0.300. The van der Waals surface area contributed by atoms with Crippen molar-refractivity contribution in [2.75, 3.05) is 32.8 Å². The molecule has 0 aliphatic carbocycles. The molecule has 7 heteroatoms. The number of carbonyl (C=O) groups is 2. The molecule has 0 N–H and O–H groups in total. The summed E-state index contributed by atoms with van der Waals surface area (Å²) >= 11 is 12.0. The molecule has 0 radical (unpaired) electrons. The highest BCUT2D eigenvalue weighted by molar-refractivity contribution is 6.36. The molecular weight excluding hydrogens is 387 g/mol. The van der Waals surface area contributed by atoms with Crippen LogP contribution in [0.3, 0.4) is 0 Å². The molecule has 0 saturated carbocycles. The molecule has 5 nitrogen and oxygen atoms in total. The minimum atomic E-state index is -0.140. The Balaban J connectivity index is 1.41. The molecule has 2 aromatic rings. The lowest BCUT2D eigenvalue weighted by Crippen LogP contribution is -2.50. The molecule has 0 atom stereocenters. The van der Waals surface area contributed by atoms with Crippen LogP contribution in [0, 0.1) is 0 Å². The number of amides is 2. The SMILES string of the molecule is O=C(c1ccc2c(c1)CCO2)N1CCN(C(=O)c2ccc(Cl)cc2Cl)CC1. The summed E-state index contributed by atoms with van der Waals surface area (Å²) in [6, 6.07) is 10.4. The average Bonchev–Trinajstić information content (AvgIpc) is 3.15. The van der Waals surface area contributed by atoms with Gasteiger partial charge in [-0.1, -0.05) is 23.2 Å². The van der Waals surface area contributed by atoms with Crippen molar-refractivity contribution in [3.63, 3.8) is 0 Å². The first-order valence-corrected chi connectivity index (χ1v) is 9.58. The van der Waals surface area contributed by atoms with E-state index in [0.29, 0.717) is 54.0 Å². The van der Waals surface area contributed by atoms with E-state index in [-0.39, 0.29) is 11.8 Å². The van der Waals surface area contributed by atoms with E-state index in [4.69, 9.17) is 27.9 Å². The van der Waals surface area contributed by atoms with Crippen LogP contribution < -0.4 is 4.74 Å². The molecule has 1 saturated heterocycles. The molecule has 2 aliphatic rings. The zero-order valence-corrected chi connectivity index (χ0v) is 16.1. The van der Waals surface area contributed by atoms with E-state index in [2.05, 4.69) is 0 Å². The fourth-order valence-corrected chi connectivity index (χ4v) is 3.94. The van der Waals surface area contributed by atoms with Gasteiger partial charge in [0.15, 0.2) is 0 Å². The molecular formula is C20H18Cl2N2O3. The second-order valence-corrected chi connectivity index (χ2v) is 7.47. The van der Waals surface area contributed by atoms with Crippen molar-refractivity contribution in [1.82, 2.24) is 9.80 Å². The minimum Gasteiger partial charge on any atom is -0.493 e. The van der Waals surface area contributed by atoms with Crippen LogP contribution in [0.1, 0.15) is 26.3 Å². The largest absolute Gasteiger partial charge is 0.493 e. The van der Waals surface area contributed by atoms with Gasteiger partial charge in [-0.3, -0.25) is 9.59 Å². The van der Waals surface area contributed by atoms with Crippen molar-refractivity contribution in [2.45, 2.75) is 6.42 Å². The molecule has 0 spiro atoms. The summed E-state index contributed by atoms with van der Waals surface area (Å²) in [5.74, 6) is 0.710. The van der Waals surface area contributed by atoms with Crippen molar-refractivity contribution in [3.05, 3.63) is 63.1 Å². The molecule has 0 unspecified atom stereocenters. The Kier molecular flexibility index (Phi) is 4.98. The number of hydrogen-bond acceptors (Lipinski definition) is 3. The van der Waals surface area contributed by atoms with Gasteiger partial charge in [0.1, 0.15) is 5.75 Å². The Morgan fingerprint density at radius 3 is 2.30 bits per heavy atom. The molecule has 140 valence electrons. The molecule has 0 bridgehead atoms. The van der Waals surface area contributed by atoms with E-state index in [0.717, 1.165) is 17.7 Å². The Morgan fingerprint density at radius 2 is 1.59 bits per heavy atom. The monoisotopic (exact) mass is 404 g/mol. The van der Waals surface area contributed by atoms with Gasteiger partial charge in [-0.25, -0.2) is 0 Å². The van der Waals surface area contributed by atoms with Crippen molar-refractivity contribution >= 4 is 35.0 Å². The average molecular weight is 405 g/mol. The third kappa shape index (κ3) is 3.62. The summed E-state index contributed by atoms with van der Waals surface area (Å²) in [7, 11) is 0. The topological polar surface area (TPSA) is 49.9 Å². The molecule has 2 aromatic carbocycles. The summed E-state index contributed by atoms with van der Waals surface area (Å²) in [5.41, 5.74) is 2.17. The highest BCUT2D eigenvalue weighted by Crippen LogP contribution is 2.27. The van der Waals surface area contributed by atoms with Gasteiger partial charge < -0.3 is 14.5 Å². The van der Waals surface area contributed by atoms with Crippen LogP contribution in [0.5, 0.6) is 5.75 Å². The zero-order chi connectivity index (χ0) is 19.0. The molecule has 2 heterocycles. The number of hydrogen-bond donors (Lipinski definition) is 0. The van der Waals surface area contributed by atoms with Gasteiger partial charge in [0.05, 0.1) is 17.2 Å². The van der Waals surface area contributed by atoms with E-state index < -0.39 is 0 Å². The van der Waals surface area contributed by atoms with Gasteiger partial charge in [-0.05, 0) is 42.0 Å². The maximum absolute atomic E-state index is 12.8. The first-order chi connectivity index (χ1) is 13.0. The van der Waals surface area contributed by atoms with Crippen molar-refractivity contribution in [1.29, 1.82) is 0 Å². The van der Waals surface area contributed by atoms with Gasteiger partial charge >= 0.3 is 0 Å². The number of piperazine rings is 1. The predicted octanol–water partition coefficient (Wildman–Crippen LogP) is 3.53. The molecule has 2 aliphatic heterocycles. The summed E-state index contributed by atoms with van der Waals surface area (Å²) < 4.78 is 5.49. The summed E-state index contributed by atoms with van der Waals surface area (Å²) in [4.78, 5) is 29.0. The van der Waals surface area contributed by atoms with Crippen LogP contribution in [0.4, 0.5) is 0 Å². The number of ether oxygens (including phenoxy) is 1. The number of nitrogens with zero attached hydrogens (tertiary/aromatic N) is 2. The van der Waals surface area contributed by atoms with E-state index >= 15 is 0 Å². The maximum Gasteiger partial charge on any atom is 0.255 e. The zero-order valence-electron chi connectivity index (χ0n) is 14.6. The summed E-state index contributed by atoms with van der Waals surface area (Å²) in [5, 5.41) is 0.832. The van der Waals surface area contributed by atoms with E-state index in [1.165, 1.54) is 0 Å². The van der Waals surface area contributed by atoms with Crippen LogP contribution in [0.25, 0.3) is 0 Å². The highest BCUT2D eigenvalue weighted by atomic mass is 35.5. The second-order valence-electron chi connectivity index (χ2n) is 6.63. The third-order valence-corrected chi connectivity index (χ3v) is 5.50. The normalized spacial score (nSPS) is 16.1. The van der Waals surface area contributed by atoms with Gasteiger partial charge in [-0.15, -0.1) is 0 Å². The van der Waals surface area contributed by atoms with Crippen LogP contribution >= 0.6 is 23.2 Å². The van der Waals surface area contributed by atoms with Gasteiger partial charge in [-0.2, -0.15) is 0 Å². The Hall–Kier alpha value is -2.24. The molecule has 4 rings (SSSR count). The quantitative estimate of drug-likeness (QED) is 0.768. The van der Waals surface area contributed by atoms with Crippen molar-refractivity contribution < 1.29 is 14.3 Å². The number of benzene rings is 2. The maximum atomic E-state index is 12.8. The Bertz CT molecular complexity index is 908. The lowest BCUT2D eigenvalue weighted by atomic mass is 10.1. The van der Waals surface area contributed by atoms with E-state index in [9.17, 15) is 9.59 Å². The molecule has 27 heavy (non-hydrogen) atoms. The first-order valence-electron chi connectivity index (χ1n) is 8.82. The van der Waals surface area contributed by atoms with Gasteiger partial charge in [0, 0.05) is 43.2 Å². The Labute approximate surface area is 167 Å². The van der Waals surface area contributed by atoms with Crippen LogP contribution in [0.2, 0.25) is 10.0 Å². The molecule has 2 amide bonds. The fourth-order valence-electron chi connectivity index (χ4n) is 3.45. The summed E-state index contributed by atoms with van der Waals surface area (Å²) in [6.07, 6.45) is 0.834. The van der Waals surface area contributed by atoms with E-state index in [1.54, 1.807) is 34.1 Å². The van der Waals surface area contributed by atoms with E-state index in [1.807, 2.05) is 12.1 Å². The van der Waals surface area contributed by atoms with Crippen molar-refractivity contribution in [2.24, 2.45) is 0 Å². The smallest absolute Gasteiger partial charge is 0.255 e. The number of halogens is 2. The lowest BCUT2D eigenvalue weighted by molar-refractivity contribution is 0.0535. The van der Waals surface area contributed by atoms with Crippen LogP contribution in [0.15, 0.2) is 36.4 Å². The minimum absolute atomic E-state index is 0.0127. The predicted molar refractivity (Wildman–Crippen MR) is 104 cm³/mol. The van der Waals surface area contributed by atoms with Gasteiger partial charge in [0.2, 0.25) is 0 Å². The third-order valence-electron chi connectivity index (χ3n) is 4.95. The highest BCUT2D eigenvalue weighted by Gasteiger charge is 2.27.